The molecule has 0 saturated heterocycles. The number of alkyl halides is 3. The van der Waals surface area contributed by atoms with Crippen LogP contribution in [0.15, 0.2) is 72.7 Å². The fourth-order valence-corrected chi connectivity index (χ4v) is 3.95. The Hall–Kier alpha value is -3.72. The lowest BCUT2D eigenvalue weighted by Gasteiger charge is -2.32. The van der Waals surface area contributed by atoms with Crippen LogP contribution in [0.1, 0.15) is 40.7 Å². The number of carbonyl (C=O) groups is 1. The summed E-state index contributed by atoms with van der Waals surface area (Å²) in [6.45, 7) is 0. The molecule has 0 radical (unpaired) electrons. The van der Waals surface area contributed by atoms with Crippen molar-refractivity contribution in [1.29, 1.82) is 0 Å². The van der Waals surface area contributed by atoms with Gasteiger partial charge in [-0.3, -0.25) is 9.78 Å². The van der Waals surface area contributed by atoms with Crippen molar-refractivity contribution in [1.82, 2.24) is 15.3 Å². The number of pyridine rings is 2. The molecule has 1 aliphatic carbocycles. The second kappa shape index (κ2) is 10.7. The van der Waals surface area contributed by atoms with Gasteiger partial charge in [-0.05, 0) is 55.2 Å². The van der Waals surface area contributed by atoms with Gasteiger partial charge in [0.1, 0.15) is 5.75 Å². The van der Waals surface area contributed by atoms with Crippen LogP contribution in [0.25, 0.3) is 6.08 Å². The van der Waals surface area contributed by atoms with Gasteiger partial charge in [-0.2, -0.15) is 13.2 Å². The molecule has 182 valence electrons. The Morgan fingerprint density at radius 2 is 2.00 bits per heavy atom. The van der Waals surface area contributed by atoms with Gasteiger partial charge in [0.2, 0.25) is 5.88 Å². The van der Waals surface area contributed by atoms with Crippen molar-refractivity contribution < 1.29 is 27.4 Å². The summed E-state index contributed by atoms with van der Waals surface area (Å²) in [5.41, 5.74) is 1.72. The minimum Gasteiger partial charge on any atom is -0.439 e. The van der Waals surface area contributed by atoms with Gasteiger partial charge in [0.15, 0.2) is 0 Å². The lowest BCUT2D eigenvalue weighted by molar-refractivity contribution is -0.137. The first-order valence-corrected chi connectivity index (χ1v) is 11.1. The Balaban J connectivity index is 1.40. The first-order chi connectivity index (χ1) is 16.8. The van der Waals surface area contributed by atoms with Crippen molar-refractivity contribution in [3.63, 3.8) is 0 Å². The topological polar surface area (TPSA) is 73.3 Å². The van der Waals surface area contributed by atoms with Crippen molar-refractivity contribution in [2.75, 3.05) is 7.11 Å². The molecule has 1 N–H and O–H groups in total. The van der Waals surface area contributed by atoms with Crippen LogP contribution in [-0.4, -0.2) is 35.1 Å². The number of carbonyl (C=O) groups excluding carboxylic acids is 1. The normalized spacial score (nSPS) is 19.4. The predicted octanol–water partition coefficient (Wildman–Crippen LogP) is 5.67. The van der Waals surface area contributed by atoms with Crippen LogP contribution in [0.4, 0.5) is 13.2 Å². The van der Waals surface area contributed by atoms with Crippen LogP contribution in [0.5, 0.6) is 11.6 Å². The van der Waals surface area contributed by atoms with Crippen LogP contribution in [0, 0.1) is 0 Å². The second-order valence-electron chi connectivity index (χ2n) is 8.20. The van der Waals surface area contributed by atoms with E-state index in [0.29, 0.717) is 17.7 Å². The molecule has 1 amide bonds. The molecule has 2 heterocycles. The van der Waals surface area contributed by atoms with Gasteiger partial charge in [0.05, 0.1) is 23.3 Å². The first kappa shape index (κ1) is 24.4. The van der Waals surface area contributed by atoms with Crippen LogP contribution in [0.3, 0.4) is 0 Å². The van der Waals surface area contributed by atoms with Gasteiger partial charge >= 0.3 is 6.18 Å². The third-order valence-corrected chi connectivity index (χ3v) is 5.75. The number of ether oxygens (including phenoxy) is 2. The molecule has 0 bridgehead atoms. The molecule has 4 rings (SSSR count). The summed E-state index contributed by atoms with van der Waals surface area (Å²) in [6, 6.07) is 12.7. The molecule has 1 aliphatic rings. The summed E-state index contributed by atoms with van der Waals surface area (Å²) in [5, 5.41) is 3.04. The quantitative estimate of drug-likeness (QED) is 0.489. The Morgan fingerprint density at radius 3 is 2.69 bits per heavy atom. The average Bonchev–Trinajstić information content (AvgIpc) is 2.85. The largest absolute Gasteiger partial charge is 0.439 e. The van der Waals surface area contributed by atoms with E-state index in [1.54, 1.807) is 43.6 Å². The molecule has 2 aromatic heterocycles. The second-order valence-corrected chi connectivity index (χ2v) is 8.20. The van der Waals surface area contributed by atoms with Gasteiger partial charge < -0.3 is 14.8 Å². The summed E-state index contributed by atoms with van der Waals surface area (Å²) < 4.78 is 49.5. The molecule has 6 nitrogen and oxygen atoms in total. The number of benzene rings is 1. The SMILES string of the molecule is COC1C/C(=C\c2cccc(Oc3ccc(C(F)(F)F)cn3)c2)CCC1NC(=O)c1cccnc1. The first-order valence-electron chi connectivity index (χ1n) is 11.1. The molecule has 2 unspecified atom stereocenters. The Bertz CT molecular complexity index is 1180. The highest BCUT2D eigenvalue weighted by molar-refractivity contribution is 5.94. The Kier molecular flexibility index (Phi) is 7.45. The third-order valence-electron chi connectivity index (χ3n) is 5.75. The zero-order valence-electron chi connectivity index (χ0n) is 19.0. The lowest BCUT2D eigenvalue weighted by Crippen LogP contribution is -2.46. The number of nitrogens with zero attached hydrogens (tertiary/aromatic N) is 2. The van der Waals surface area contributed by atoms with E-state index in [4.69, 9.17) is 9.47 Å². The number of aromatic nitrogens is 2. The Labute approximate surface area is 200 Å². The summed E-state index contributed by atoms with van der Waals surface area (Å²) in [4.78, 5) is 20.2. The van der Waals surface area contributed by atoms with E-state index >= 15 is 0 Å². The lowest BCUT2D eigenvalue weighted by atomic mass is 9.87. The fraction of sp³-hybridized carbons (Fsp3) is 0.269. The minimum absolute atomic E-state index is 0.0760. The number of hydrogen-bond acceptors (Lipinski definition) is 5. The highest BCUT2D eigenvalue weighted by atomic mass is 19.4. The van der Waals surface area contributed by atoms with Gasteiger partial charge in [0, 0.05) is 31.8 Å². The van der Waals surface area contributed by atoms with E-state index in [1.807, 2.05) is 12.1 Å². The highest BCUT2D eigenvalue weighted by Gasteiger charge is 2.31. The van der Waals surface area contributed by atoms with Crippen molar-refractivity contribution in [2.24, 2.45) is 0 Å². The van der Waals surface area contributed by atoms with Crippen LogP contribution in [0.2, 0.25) is 0 Å². The molecule has 9 heteroatoms. The molecular formula is C26H24F3N3O3. The van der Waals surface area contributed by atoms with E-state index < -0.39 is 11.7 Å². The zero-order valence-corrected chi connectivity index (χ0v) is 19.0. The number of halogens is 3. The Morgan fingerprint density at radius 1 is 1.14 bits per heavy atom. The van der Waals surface area contributed by atoms with Gasteiger partial charge in [-0.15, -0.1) is 0 Å². The molecule has 1 saturated carbocycles. The van der Waals surface area contributed by atoms with Crippen molar-refractivity contribution >= 4 is 12.0 Å². The average molecular weight is 483 g/mol. The van der Waals surface area contributed by atoms with Crippen molar-refractivity contribution in [2.45, 2.75) is 37.6 Å². The maximum absolute atomic E-state index is 12.7. The maximum atomic E-state index is 12.7. The summed E-state index contributed by atoms with van der Waals surface area (Å²) in [5.74, 6) is 0.360. The van der Waals surface area contributed by atoms with Gasteiger partial charge in [-0.25, -0.2) is 4.98 Å². The van der Waals surface area contributed by atoms with Gasteiger partial charge in [-0.1, -0.05) is 23.8 Å². The van der Waals surface area contributed by atoms with E-state index in [2.05, 4.69) is 15.3 Å². The molecule has 0 spiro atoms. The number of hydrogen-bond donors (Lipinski definition) is 1. The highest BCUT2D eigenvalue weighted by Crippen LogP contribution is 2.31. The molecular weight excluding hydrogens is 459 g/mol. The summed E-state index contributed by atoms with van der Waals surface area (Å²) in [6.07, 6.45) is 3.47. The number of rotatable bonds is 6. The van der Waals surface area contributed by atoms with Crippen LogP contribution >= 0.6 is 0 Å². The standard InChI is InChI=1S/C26H24F3N3O3/c1-34-23-14-18(7-9-22(23)32-25(33)19-5-3-11-30-15-19)12-17-4-2-6-21(13-17)35-24-10-8-20(16-31-24)26(27,28)29/h2-6,8,10-13,15-16,22-23H,7,9,14H2,1H3,(H,32,33)/b18-12-. The van der Waals surface area contributed by atoms with Crippen molar-refractivity contribution in [3.05, 3.63) is 89.4 Å². The summed E-state index contributed by atoms with van der Waals surface area (Å²) in [7, 11) is 1.63. The number of nitrogens with one attached hydrogen (secondary N) is 1. The maximum Gasteiger partial charge on any atom is 0.417 e. The number of methoxy groups -OCH3 is 1. The third kappa shape index (κ3) is 6.45. The van der Waals surface area contributed by atoms with E-state index in [0.717, 1.165) is 36.2 Å². The van der Waals surface area contributed by atoms with Crippen LogP contribution < -0.4 is 10.1 Å². The molecule has 3 aromatic rings. The fourth-order valence-electron chi connectivity index (χ4n) is 3.95. The molecule has 1 fully saturated rings. The molecule has 1 aromatic carbocycles. The van der Waals surface area contributed by atoms with Crippen molar-refractivity contribution in [3.8, 4) is 11.6 Å². The predicted molar refractivity (Wildman–Crippen MR) is 124 cm³/mol. The van der Waals surface area contributed by atoms with Gasteiger partial charge in [0.25, 0.3) is 5.91 Å². The number of amides is 1. The molecule has 2 atom stereocenters. The van der Waals surface area contributed by atoms with E-state index in [1.165, 1.54) is 12.3 Å². The monoisotopic (exact) mass is 483 g/mol. The molecule has 0 aliphatic heterocycles. The van der Waals surface area contributed by atoms with E-state index in [-0.39, 0.29) is 23.9 Å². The van der Waals surface area contributed by atoms with Crippen LogP contribution in [-0.2, 0) is 10.9 Å². The minimum atomic E-state index is -4.45. The summed E-state index contributed by atoms with van der Waals surface area (Å²) >= 11 is 0. The smallest absolute Gasteiger partial charge is 0.417 e. The zero-order chi connectivity index (χ0) is 24.8. The molecule has 35 heavy (non-hydrogen) atoms. The van der Waals surface area contributed by atoms with E-state index in [9.17, 15) is 18.0 Å².